The second-order valence-corrected chi connectivity index (χ2v) is 8.41. The van der Waals surface area contributed by atoms with Crippen LogP contribution in [0.5, 0.6) is 5.75 Å². The molecule has 0 aliphatic carbocycles. The van der Waals surface area contributed by atoms with Gasteiger partial charge in [0.2, 0.25) is 5.95 Å². The number of nitrogens with zero attached hydrogens (tertiary/aromatic N) is 5. The normalized spacial score (nSPS) is 15.9. The number of benzene rings is 1. The number of carbonyl (C=O) groups is 1. The predicted molar refractivity (Wildman–Crippen MR) is 121 cm³/mol. The van der Waals surface area contributed by atoms with Crippen molar-refractivity contribution in [3.05, 3.63) is 71.4 Å². The number of anilines is 1. The summed E-state index contributed by atoms with van der Waals surface area (Å²) in [6, 6.07) is 9.96. The van der Waals surface area contributed by atoms with Crippen molar-refractivity contribution in [2.24, 2.45) is 0 Å². The number of hydrogen-bond acceptors (Lipinski definition) is 7. The molecule has 0 unspecified atom stereocenters. The molecule has 34 heavy (non-hydrogen) atoms. The lowest BCUT2D eigenvalue weighted by Crippen LogP contribution is -2.40. The van der Waals surface area contributed by atoms with Crippen LogP contribution in [-0.2, 0) is 17.7 Å². The largest absolute Gasteiger partial charge is 0.485 e. The first kappa shape index (κ1) is 20.5. The van der Waals surface area contributed by atoms with E-state index in [9.17, 15) is 9.18 Å². The zero-order valence-corrected chi connectivity index (χ0v) is 18.1. The summed E-state index contributed by atoms with van der Waals surface area (Å²) in [6.07, 6.45) is 4.09. The van der Waals surface area contributed by atoms with Crippen LogP contribution in [0.25, 0.3) is 16.8 Å². The predicted octanol–water partition coefficient (Wildman–Crippen LogP) is 2.49. The molecule has 1 aromatic carbocycles. The molecule has 3 aromatic heterocycles. The number of ether oxygens (including phenoxy) is 2. The molecule has 1 fully saturated rings. The summed E-state index contributed by atoms with van der Waals surface area (Å²) in [6.45, 7) is 1.75. The standard InChI is InChI=1S/C24H21FN6O3/c25-17-1-2-21(34-18-12-33-13-18)16(7-17)11-30-5-4-20-19(23(30)32)8-15(10-27-20)14-3-6-31-22(9-14)28-24(26)29-31/h1-3,6-10,18H,4-5,11-13H2,(H2,26,29). The van der Waals surface area contributed by atoms with E-state index >= 15 is 0 Å². The number of nitrogen functional groups attached to an aromatic ring is 1. The monoisotopic (exact) mass is 460 g/mol. The van der Waals surface area contributed by atoms with Crippen molar-refractivity contribution < 1.29 is 18.7 Å². The Morgan fingerprint density at radius 1 is 1.18 bits per heavy atom. The molecule has 5 heterocycles. The summed E-state index contributed by atoms with van der Waals surface area (Å²) in [7, 11) is 0. The van der Waals surface area contributed by atoms with E-state index in [0.29, 0.717) is 48.7 Å². The zero-order chi connectivity index (χ0) is 23.2. The Morgan fingerprint density at radius 3 is 2.88 bits per heavy atom. The number of aromatic nitrogens is 4. The highest BCUT2D eigenvalue weighted by Gasteiger charge is 2.28. The third-order valence-electron chi connectivity index (χ3n) is 6.08. The van der Waals surface area contributed by atoms with Crippen molar-refractivity contribution in [1.29, 1.82) is 0 Å². The molecule has 9 nitrogen and oxygen atoms in total. The lowest BCUT2D eigenvalue weighted by atomic mass is 9.99. The fraction of sp³-hybridized carbons (Fsp3) is 0.250. The molecule has 172 valence electrons. The number of halogens is 1. The number of carbonyl (C=O) groups excluding carboxylic acids is 1. The van der Waals surface area contributed by atoms with Gasteiger partial charge in [-0.05, 0) is 42.0 Å². The van der Waals surface area contributed by atoms with Crippen molar-refractivity contribution >= 4 is 17.5 Å². The lowest BCUT2D eigenvalue weighted by molar-refractivity contribution is -0.0801. The third-order valence-corrected chi connectivity index (χ3v) is 6.08. The smallest absolute Gasteiger partial charge is 0.256 e. The average Bonchev–Trinajstić information content (AvgIpc) is 3.18. The van der Waals surface area contributed by atoms with Gasteiger partial charge in [0.25, 0.3) is 5.91 Å². The summed E-state index contributed by atoms with van der Waals surface area (Å²) in [5.41, 5.74) is 9.84. The van der Waals surface area contributed by atoms with Crippen molar-refractivity contribution in [3.8, 4) is 16.9 Å². The summed E-state index contributed by atoms with van der Waals surface area (Å²) in [4.78, 5) is 23.8. The Morgan fingerprint density at radius 2 is 2.06 bits per heavy atom. The molecule has 0 atom stereocenters. The summed E-state index contributed by atoms with van der Waals surface area (Å²) in [5.74, 6) is 0.245. The van der Waals surface area contributed by atoms with Crippen LogP contribution in [0.2, 0.25) is 0 Å². The van der Waals surface area contributed by atoms with E-state index in [4.69, 9.17) is 15.2 Å². The van der Waals surface area contributed by atoms with Gasteiger partial charge in [0.05, 0.1) is 24.5 Å². The van der Waals surface area contributed by atoms with Crippen LogP contribution >= 0.6 is 0 Å². The molecule has 0 radical (unpaired) electrons. The first-order valence-corrected chi connectivity index (χ1v) is 11.0. The van der Waals surface area contributed by atoms with E-state index in [0.717, 1.165) is 16.8 Å². The minimum atomic E-state index is -0.370. The number of fused-ring (bicyclic) bond motifs is 2. The second kappa shape index (κ2) is 8.07. The Labute approximate surface area is 193 Å². The molecule has 0 spiro atoms. The Balaban J connectivity index is 1.28. The van der Waals surface area contributed by atoms with Crippen molar-refractivity contribution in [2.75, 3.05) is 25.5 Å². The maximum Gasteiger partial charge on any atom is 0.256 e. The Hall–Kier alpha value is -4.05. The average molecular weight is 460 g/mol. The van der Waals surface area contributed by atoms with Gasteiger partial charge < -0.3 is 20.1 Å². The molecule has 4 aromatic rings. The molecule has 0 bridgehead atoms. The van der Waals surface area contributed by atoms with Gasteiger partial charge in [-0.2, -0.15) is 4.98 Å². The zero-order valence-electron chi connectivity index (χ0n) is 18.1. The number of amides is 1. The first-order chi connectivity index (χ1) is 16.5. The molecule has 0 saturated carbocycles. The lowest BCUT2D eigenvalue weighted by Gasteiger charge is -2.31. The first-order valence-electron chi connectivity index (χ1n) is 11.0. The third kappa shape index (κ3) is 3.71. The highest BCUT2D eigenvalue weighted by atomic mass is 19.1. The van der Waals surface area contributed by atoms with Crippen molar-refractivity contribution in [1.82, 2.24) is 24.5 Å². The van der Waals surface area contributed by atoms with Crippen molar-refractivity contribution in [2.45, 2.75) is 19.1 Å². The molecule has 6 rings (SSSR count). The maximum absolute atomic E-state index is 14.0. The molecular weight excluding hydrogens is 439 g/mol. The molecule has 1 saturated heterocycles. The molecular formula is C24H21FN6O3. The van der Waals surface area contributed by atoms with E-state index in [1.807, 2.05) is 18.2 Å². The van der Waals surface area contributed by atoms with Gasteiger partial charge in [-0.3, -0.25) is 9.78 Å². The van der Waals surface area contributed by atoms with E-state index < -0.39 is 0 Å². The summed E-state index contributed by atoms with van der Waals surface area (Å²) >= 11 is 0. The SMILES string of the molecule is Nc1nc2cc(-c3cnc4c(c3)C(=O)N(Cc3cc(F)ccc3OC3COC3)CC4)ccn2n1. The van der Waals surface area contributed by atoms with E-state index in [1.165, 1.54) is 12.1 Å². The molecule has 2 aliphatic rings. The minimum Gasteiger partial charge on any atom is -0.485 e. The number of rotatable bonds is 5. The Kier molecular flexibility index (Phi) is 4.88. The topological polar surface area (TPSA) is 108 Å². The van der Waals surface area contributed by atoms with Crippen LogP contribution in [0.15, 0.2) is 48.8 Å². The van der Waals surface area contributed by atoms with Gasteiger partial charge in [0, 0.05) is 43.0 Å². The molecule has 10 heteroatoms. The van der Waals surface area contributed by atoms with Crippen molar-refractivity contribution in [3.63, 3.8) is 0 Å². The van der Waals surface area contributed by atoms with Gasteiger partial charge >= 0.3 is 0 Å². The minimum absolute atomic E-state index is 0.0493. The number of nitrogens with two attached hydrogens (primary N) is 1. The quantitative estimate of drug-likeness (QED) is 0.488. The summed E-state index contributed by atoms with van der Waals surface area (Å²) in [5, 5.41) is 4.08. The highest BCUT2D eigenvalue weighted by molar-refractivity contribution is 5.97. The van der Waals surface area contributed by atoms with Gasteiger partial charge in [0.15, 0.2) is 5.65 Å². The van der Waals surface area contributed by atoms with Gasteiger partial charge in [-0.1, -0.05) is 0 Å². The summed E-state index contributed by atoms with van der Waals surface area (Å²) < 4.78 is 26.7. The fourth-order valence-corrected chi connectivity index (χ4v) is 4.23. The van der Waals surface area contributed by atoms with Crippen LogP contribution in [0.4, 0.5) is 10.3 Å². The maximum atomic E-state index is 14.0. The highest BCUT2D eigenvalue weighted by Crippen LogP contribution is 2.29. The van der Waals surface area contributed by atoms with Crippen LogP contribution in [0.3, 0.4) is 0 Å². The van der Waals surface area contributed by atoms with Crippen LogP contribution < -0.4 is 10.5 Å². The van der Waals surface area contributed by atoms with Crippen LogP contribution in [0.1, 0.15) is 21.6 Å². The van der Waals surface area contributed by atoms with Crippen LogP contribution in [-0.4, -0.2) is 56.3 Å². The van der Waals surface area contributed by atoms with Gasteiger partial charge in [0.1, 0.15) is 17.7 Å². The molecule has 1 amide bonds. The molecule has 2 aliphatic heterocycles. The van der Waals surface area contributed by atoms with Crippen LogP contribution in [0, 0.1) is 5.82 Å². The Bertz CT molecular complexity index is 1420. The fourth-order valence-electron chi connectivity index (χ4n) is 4.23. The number of pyridine rings is 2. The number of hydrogen-bond donors (Lipinski definition) is 1. The van der Waals surface area contributed by atoms with E-state index in [1.54, 1.807) is 27.9 Å². The second-order valence-electron chi connectivity index (χ2n) is 8.41. The van der Waals surface area contributed by atoms with E-state index in [2.05, 4.69) is 15.1 Å². The van der Waals surface area contributed by atoms with Gasteiger partial charge in [-0.15, -0.1) is 5.10 Å². The van der Waals surface area contributed by atoms with E-state index in [-0.39, 0.29) is 30.3 Å². The molecule has 2 N–H and O–H groups in total. The van der Waals surface area contributed by atoms with Gasteiger partial charge in [-0.25, -0.2) is 8.91 Å².